The van der Waals surface area contributed by atoms with Crippen LogP contribution in [0.1, 0.15) is 36.6 Å². The van der Waals surface area contributed by atoms with Gasteiger partial charge in [-0.25, -0.2) is 0 Å². The van der Waals surface area contributed by atoms with Crippen molar-refractivity contribution in [1.82, 2.24) is 5.32 Å². The third-order valence-corrected chi connectivity index (χ3v) is 3.94. The van der Waals surface area contributed by atoms with Crippen LogP contribution in [0.4, 0.5) is 5.69 Å². The van der Waals surface area contributed by atoms with Gasteiger partial charge >= 0.3 is 5.69 Å². The summed E-state index contributed by atoms with van der Waals surface area (Å²) in [6, 6.07) is 12.4. The van der Waals surface area contributed by atoms with E-state index in [1.165, 1.54) is 11.6 Å². The standard InChI is InChI=1S/C19H22N2O4/c1-4-15-6-8-16(9-7-15)14(3)20-19(22)12-25-18-11-13(2)5-10-17(18)21(23)24/h5-11,14H,4,12H2,1-3H3,(H,20,22). The minimum atomic E-state index is -0.523. The van der Waals surface area contributed by atoms with Crippen LogP contribution in [0.2, 0.25) is 0 Å². The Morgan fingerprint density at radius 1 is 1.24 bits per heavy atom. The molecule has 1 unspecified atom stereocenters. The van der Waals surface area contributed by atoms with E-state index in [1.54, 1.807) is 19.1 Å². The van der Waals surface area contributed by atoms with Crippen LogP contribution in [0.25, 0.3) is 0 Å². The van der Waals surface area contributed by atoms with E-state index in [4.69, 9.17) is 4.74 Å². The quantitative estimate of drug-likeness (QED) is 0.614. The lowest BCUT2D eigenvalue weighted by Crippen LogP contribution is -2.31. The van der Waals surface area contributed by atoms with E-state index in [2.05, 4.69) is 12.2 Å². The molecule has 0 aliphatic carbocycles. The van der Waals surface area contributed by atoms with Crippen LogP contribution in [0.3, 0.4) is 0 Å². The highest BCUT2D eigenvalue weighted by Crippen LogP contribution is 2.27. The zero-order valence-electron chi connectivity index (χ0n) is 14.6. The first kappa shape index (κ1) is 18.4. The lowest BCUT2D eigenvalue weighted by molar-refractivity contribution is -0.385. The van der Waals surface area contributed by atoms with Crippen molar-refractivity contribution in [1.29, 1.82) is 0 Å². The summed E-state index contributed by atoms with van der Waals surface area (Å²) >= 11 is 0. The van der Waals surface area contributed by atoms with E-state index in [1.807, 2.05) is 31.2 Å². The number of aryl methyl sites for hydroxylation is 2. The monoisotopic (exact) mass is 342 g/mol. The molecule has 25 heavy (non-hydrogen) atoms. The molecule has 0 aliphatic heterocycles. The minimum Gasteiger partial charge on any atom is -0.477 e. The number of ether oxygens (including phenoxy) is 1. The number of carbonyl (C=O) groups excluding carboxylic acids is 1. The molecule has 0 fully saturated rings. The van der Waals surface area contributed by atoms with Gasteiger partial charge in [-0.05, 0) is 43.0 Å². The molecule has 1 amide bonds. The molecular weight excluding hydrogens is 320 g/mol. The van der Waals surface area contributed by atoms with Gasteiger partial charge in [-0.15, -0.1) is 0 Å². The van der Waals surface area contributed by atoms with Crippen molar-refractivity contribution < 1.29 is 14.5 Å². The first-order valence-corrected chi connectivity index (χ1v) is 8.16. The van der Waals surface area contributed by atoms with Crippen molar-refractivity contribution in [3.63, 3.8) is 0 Å². The number of nitrogens with one attached hydrogen (secondary N) is 1. The lowest BCUT2D eigenvalue weighted by atomic mass is 10.1. The van der Waals surface area contributed by atoms with E-state index in [0.717, 1.165) is 17.5 Å². The number of carbonyl (C=O) groups is 1. The Hall–Kier alpha value is -2.89. The molecule has 1 atom stereocenters. The van der Waals surface area contributed by atoms with Crippen LogP contribution in [0.5, 0.6) is 5.75 Å². The fourth-order valence-electron chi connectivity index (χ4n) is 2.44. The zero-order valence-corrected chi connectivity index (χ0v) is 14.6. The van der Waals surface area contributed by atoms with Crippen molar-refractivity contribution in [3.8, 4) is 5.75 Å². The number of nitro groups is 1. The molecule has 2 aromatic rings. The number of benzene rings is 2. The van der Waals surface area contributed by atoms with Crippen LogP contribution >= 0.6 is 0 Å². The summed E-state index contributed by atoms with van der Waals surface area (Å²) in [7, 11) is 0. The Morgan fingerprint density at radius 2 is 1.92 bits per heavy atom. The molecular formula is C19H22N2O4. The van der Waals surface area contributed by atoms with E-state index >= 15 is 0 Å². The van der Waals surface area contributed by atoms with Crippen molar-refractivity contribution in [2.24, 2.45) is 0 Å². The molecule has 1 N–H and O–H groups in total. The Morgan fingerprint density at radius 3 is 2.52 bits per heavy atom. The molecule has 0 aromatic heterocycles. The lowest BCUT2D eigenvalue weighted by Gasteiger charge is -2.15. The second-order valence-corrected chi connectivity index (χ2v) is 5.90. The first-order valence-electron chi connectivity index (χ1n) is 8.16. The van der Waals surface area contributed by atoms with Gasteiger partial charge < -0.3 is 10.1 Å². The Labute approximate surface area is 147 Å². The van der Waals surface area contributed by atoms with Crippen molar-refractivity contribution in [3.05, 3.63) is 69.3 Å². The summed E-state index contributed by atoms with van der Waals surface area (Å²) < 4.78 is 5.36. The van der Waals surface area contributed by atoms with Crippen LogP contribution in [-0.4, -0.2) is 17.4 Å². The number of nitro benzene ring substituents is 1. The second-order valence-electron chi connectivity index (χ2n) is 5.90. The molecule has 0 bridgehead atoms. The Balaban J connectivity index is 1.96. The summed E-state index contributed by atoms with van der Waals surface area (Å²) in [6.45, 7) is 5.50. The van der Waals surface area contributed by atoms with E-state index in [0.29, 0.717) is 0 Å². The number of hydrogen-bond acceptors (Lipinski definition) is 4. The Bertz CT molecular complexity index is 757. The molecule has 0 saturated heterocycles. The number of amides is 1. The Kier molecular flexibility index (Phi) is 6.11. The second kappa shape index (κ2) is 8.28. The fraction of sp³-hybridized carbons (Fsp3) is 0.316. The zero-order chi connectivity index (χ0) is 18.4. The number of hydrogen-bond donors (Lipinski definition) is 1. The molecule has 2 rings (SSSR count). The SMILES string of the molecule is CCc1ccc(C(C)NC(=O)COc2cc(C)ccc2[N+](=O)[O-])cc1. The van der Waals surface area contributed by atoms with Gasteiger partial charge in [0.2, 0.25) is 0 Å². The van der Waals surface area contributed by atoms with Crippen molar-refractivity contribution in [2.45, 2.75) is 33.2 Å². The molecule has 2 aromatic carbocycles. The maximum absolute atomic E-state index is 12.1. The molecule has 0 saturated carbocycles. The highest BCUT2D eigenvalue weighted by molar-refractivity contribution is 5.78. The largest absolute Gasteiger partial charge is 0.477 e. The minimum absolute atomic E-state index is 0.0973. The van der Waals surface area contributed by atoms with E-state index in [-0.39, 0.29) is 30.0 Å². The highest BCUT2D eigenvalue weighted by Gasteiger charge is 2.17. The van der Waals surface area contributed by atoms with Crippen molar-refractivity contribution >= 4 is 11.6 Å². The average Bonchev–Trinajstić information content (AvgIpc) is 2.59. The normalized spacial score (nSPS) is 11.6. The summed E-state index contributed by atoms with van der Waals surface area (Å²) in [4.78, 5) is 22.6. The molecule has 0 aliphatic rings. The number of nitrogens with zero attached hydrogens (tertiary/aromatic N) is 1. The van der Waals surface area contributed by atoms with Gasteiger partial charge in [-0.3, -0.25) is 14.9 Å². The van der Waals surface area contributed by atoms with E-state index < -0.39 is 4.92 Å². The van der Waals surface area contributed by atoms with Gasteiger partial charge in [0.05, 0.1) is 11.0 Å². The van der Waals surface area contributed by atoms with Crippen LogP contribution in [-0.2, 0) is 11.2 Å². The third-order valence-electron chi connectivity index (χ3n) is 3.94. The maximum atomic E-state index is 12.1. The van der Waals surface area contributed by atoms with E-state index in [9.17, 15) is 14.9 Å². The summed E-state index contributed by atoms with van der Waals surface area (Å²) in [5.74, 6) is -0.233. The fourth-order valence-corrected chi connectivity index (χ4v) is 2.44. The van der Waals surface area contributed by atoms with Gasteiger partial charge in [-0.1, -0.05) is 37.3 Å². The maximum Gasteiger partial charge on any atom is 0.310 e. The average molecular weight is 342 g/mol. The predicted molar refractivity (Wildman–Crippen MR) is 95.7 cm³/mol. The van der Waals surface area contributed by atoms with Gasteiger partial charge in [0.15, 0.2) is 12.4 Å². The molecule has 6 heteroatoms. The molecule has 0 spiro atoms. The third kappa shape index (κ3) is 5.04. The van der Waals surface area contributed by atoms with Crippen LogP contribution in [0, 0.1) is 17.0 Å². The van der Waals surface area contributed by atoms with Gasteiger partial charge in [0.25, 0.3) is 5.91 Å². The molecule has 132 valence electrons. The van der Waals surface area contributed by atoms with Gasteiger partial charge in [0, 0.05) is 6.07 Å². The van der Waals surface area contributed by atoms with Crippen LogP contribution < -0.4 is 10.1 Å². The smallest absolute Gasteiger partial charge is 0.310 e. The highest BCUT2D eigenvalue weighted by atomic mass is 16.6. The summed E-state index contributed by atoms with van der Waals surface area (Å²) in [6.07, 6.45) is 0.962. The van der Waals surface area contributed by atoms with Gasteiger partial charge in [-0.2, -0.15) is 0 Å². The van der Waals surface area contributed by atoms with Crippen LogP contribution in [0.15, 0.2) is 42.5 Å². The number of rotatable bonds is 7. The molecule has 0 radical (unpaired) electrons. The predicted octanol–water partition coefficient (Wildman–Crippen LogP) is 3.72. The molecule has 0 heterocycles. The first-order chi connectivity index (χ1) is 11.9. The topological polar surface area (TPSA) is 81.5 Å². The summed E-state index contributed by atoms with van der Waals surface area (Å²) in [5, 5.41) is 13.9. The van der Waals surface area contributed by atoms with Crippen molar-refractivity contribution in [2.75, 3.05) is 6.61 Å². The molecule has 6 nitrogen and oxygen atoms in total. The van der Waals surface area contributed by atoms with Gasteiger partial charge in [0.1, 0.15) is 0 Å². The summed E-state index contributed by atoms with van der Waals surface area (Å²) in [5.41, 5.74) is 2.90.